The van der Waals surface area contributed by atoms with Crippen molar-refractivity contribution in [3.05, 3.63) is 65.2 Å². The van der Waals surface area contributed by atoms with Crippen LogP contribution in [0.25, 0.3) is 0 Å². The molecule has 0 aliphatic rings. The molecule has 30 heavy (non-hydrogen) atoms. The van der Waals surface area contributed by atoms with Crippen LogP contribution in [0.1, 0.15) is 33.7 Å². The third-order valence-electron chi connectivity index (χ3n) is 4.58. The molecule has 0 radical (unpaired) electrons. The van der Waals surface area contributed by atoms with Crippen molar-refractivity contribution in [2.45, 2.75) is 33.4 Å². The molecule has 0 saturated heterocycles. The first kappa shape index (κ1) is 21.5. The first-order valence-electron chi connectivity index (χ1n) is 9.71. The SMILES string of the molecule is COC(=O)c1ccccc1Cn1cc(NC(=S)NCCCn2nc(C)cc2C)cn1. The average molecular weight is 427 g/mol. The second kappa shape index (κ2) is 10.0. The number of nitrogens with one attached hydrogen (secondary N) is 2. The fourth-order valence-electron chi connectivity index (χ4n) is 3.16. The number of hydrogen-bond donors (Lipinski definition) is 2. The second-order valence-electron chi connectivity index (χ2n) is 6.96. The van der Waals surface area contributed by atoms with E-state index in [4.69, 9.17) is 17.0 Å². The highest BCUT2D eigenvalue weighted by Gasteiger charge is 2.12. The molecule has 2 aromatic heterocycles. The van der Waals surface area contributed by atoms with E-state index in [0.717, 1.165) is 42.1 Å². The predicted molar refractivity (Wildman–Crippen MR) is 120 cm³/mol. The molecule has 3 aromatic rings. The number of aryl methyl sites for hydroxylation is 3. The van der Waals surface area contributed by atoms with Crippen molar-refractivity contribution >= 4 is 29.0 Å². The Morgan fingerprint density at radius 2 is 2.07 bits per heavy atom. The Labute approximate surface area is 181 Å². The van der Waals surface area contributed by atoms with Crippen molar-refractivity contribution in [3.8, 4) is 0 Å². The Morgan fingerprint density at radius 3 is 2.80 bits per heavy atom. The summed E-state index contributed by atoms with van der Waals surface area (Å²) in [5, 5.41) is 15.7. The maximum atomic E-state index is 11.9. The molecule has 158 valence electrons. The van der Waals surface area contributed by atoms with Crippen molar-refractivity contribution < 1.29 is 9.53 Å². The molecule has 8 nitrogen and oxygen atoms in total. The molecule has 0 aliphatic heterocycles. The number of aromatic nitrogens is 4. The van der Waals surface area contributed by atoms with Crippen molar-refractivity contribution in [1.82, 2.24) is 24.9 Å². The molecule has 1 aromatic carbocycles. The van der Waals surface area contributed by atoms with Gasteiger partial charge in [-0.3, -0.25) is 9.36 Å². The molecule has 2 heterocycles. The van der Waals surface area contributed by atoms with Gasteiger partial charge in [0.1, 0.15) is 0 Å². The number of methoxy groups -OCH3 is 1. The smallest absolute Gasteiger partial charge is 0.338 e. The highest BCUT2D eigenvalue weighted by molar-refractivity contribution is 7.80. The maximum Gasteiger partial charge on any atom is 0.338 e. The van der Waals surface area contributed by atoms with Crippen LogP contribution in [0.5, 0.6) is 0 Å². The minimum atomic E-state index is -0.359. The third kappa shape index (κ3) is 5.66. The van der Waals surface area contributed by atoms with Gasteiger partial charge in [-0.15, -0.1) is 0 Å². The highest BCUT2D eigenvalue weighted by Crippen LogP contribution is 2.13. The summed E-state index contributed by atoms with van der Waals surface area (Å²) in [5.74, 6) is -0.359. The van der Waals surface area contributed by atoms with E-state index < -0.39 is 0 Å². The lowest BCUT2D eigenvalue weighted by molar-refractivity contribution is 0.0599. The van der Waals surface area contributed by atoms with Crippen LogP contribution in [0.15, 0.2) is 42.7 Å². The number of esters is 1. The zero-order valence-electron chi connectivity index (χ0n) is 17.4. The van der Waals surface area contributed by atoms with Crippen molar-refractivity contribution in [1.29, 1.82) is 0 Å². The molecule has 0 aliphatic carbocycles. The summed E-state index contributed by atoms with van der Waals surface area (Å²) < 4.78 is 8.59. The standard InChI is InChI=1S/C21H26N6O2S/c1-15-11-16(2)27(25-15)10-6-9-22-21(30)24-18-12-23-26(14-18)13-17-7-4-5-8-19(17)20(28)29-3/h4-5,7-8,11-12,14H,6,9-10,13H2,1-3H3,(H2,22,24,30). The summed E-state index contributed by atoms with van der Waals surface area (Å²) in [5.41, 5.74) is 4.34. The second-order valence-corrected chi connectivity index (χ2v) is 7.37. The summed E-state index contributed by atoms with van der Waals surface area (Å²) in [4.78, 5) is 11.9. The van der Waals surface area contributed by atoms with Crippen LogP contribution in [0, 0.1) is 13.8 Å². The Morgan fingerprint density at radius 1 is 1.27 bits per heavy atom. The van der Waals surface area contributed by atoms with Gasteiger partial charge in [0.2, 0.25) is 0 Å². The van der Waals surface area contributed by atoms with Crippen LogP contribution < -0.4 is 10.6 Å². The zero-order chi connectivity index (χ0) is 21.5. The molecule has 0 atom stereocenters. The number of carbonyl (C=O) groups is 1. The van der Waals surface area contributed by atoms with Crippen molar-refractivity contribution in [3.63, 3.8) is 0 Å². The summed E-state index contributed by atoms with van der Waals surface area (Å²) in [6.45, 7) is 6.09. The number of carbonyl (C=O) groups excluding carboxylic acids is 1. The normalized spacial score (nSPS) is 10.6. The molecule has 0 bridgehead atoms. The van der Waals surface area contributed by atoms with Crippen LogP contribution in [0.3, 0.4) is 0 Å². The lowest BCUT2D eigenvalue weighted by atomic mass is 10.1. The lowest BCUT2D eigenvalue weighted by Crippen LogP contribution is -2.29. The van der Waals surface area contributed by atoms with E-state index in [2.05, 4.69) is 33.8 Å². The average Bonchev–Trinajstić information content (AvgIpc) is 3.30. The number of thiocarbonyl (C=S) groups is 1. The molecule has 9 heteroatoms. The largest absolute Gasteiger partial charge is 0.465 e. The summed E-state index contributed by atoms with van der Waals surface area (Å²) in [7, 11) is 1.38. The molecule has 0 amide bonds. The minimum Gasteiger partial charge on any atom is -0.465 e. The molecular formula is C21H26N6O2S. The Hall–Kier alpha value is -3.20. The summed E-state index contributed by atoms with van der Waals surface area (Å²) in [6, 6.07) is 9.39. The minimum absolute atomic E-state index is 0.359. The molecular weight excluding hydrogens is 400 g/mol. The van der Waals surface area contributed by atoms with Gasteiger partial charge in [-0.05, 0) is 50.2 Å². The van der Waals surface area contributed by atoms with Crippen LogP contribution in [0.4, 0.5) is 5.69 Å². The molecule has 0 fully saturated rings. The highest BCUT2D eigenvalue weighted by atomic mass is 32.1. The molecule has 2 N–H and O–H groups in total. The van der Waals surface area contributed by atoms with Gasteiger partial charge in [0, 0.05) is 25.0 Å². The molecule has 0 saturated carbocycles. The molecule has 0 spiro atoms. The van der Waals surface area contributed by atoms with E-state index in [0.29, 0.717) is 17.2 Å². The van der Waals surface area contributed by atoms with Gasteiger partial charge in [-0.2, -0.15) is 10.2 Å². The monoisotopic (exact) mass is 426 g/mol. The lowest BCUT2D eigenvalue weighted by Gasteiger charge is -2.10. The van der Waals surface area contributed by atoms with Crippen LogP contribution in [0.2, 0.25) is 0 Å². The Kier molecular flexibility index (Phi) is 7.18. The van der Waals surface area contributed by atoms with Crippen molar-refractivity contribution in [2.24, 2.45) is 0 Å². The maximum absolute atomic E-state index is 11.9. The Bertz CT molecular complexity index is 1030. The van der Waals surface area contributed by atoms with Gasteiger partial charge in [0.05, 0.1) is 36.8 Å². The quantitative estimate of drug-likeness (QED) is 0.325. The summed E-state index contributed by atoms with van der Waals surface area (Å²) in [6.07, 6.45) is 4.45. The van der Waals surface area contributed by atoms with Crippen molar-refractivity contribution in [2.75, 3.05) is 19.0 Å². The zero-order valence-corrected chi connectivity index (χ0v) is 18.2. The fourth-order valence-corrected chi connectivity index (χ4v) is 3.38. The van der Waals surface area contributed by atoms with Crippen LogP contribution in [-0.2, 0) is 17.8 Å². The number of hydrogen-bond acceptors (Lipinski definition) is 5. The van der Waals surface area contributed by atoms with Gasteiger partial charge in [-0.1, -0.05) is 18.2 Å². The number of nitrogens with zero attached hydrogens (tertiary/aromatic N) is 4. The molecule has 0 unspecified atom stereocenters. The topological polar surface area (TPSA) is 86.0 Å². The molecule has 3 rings (SSSR count). The first-order valence-corrected chi connectivity index (χ1v) is 10.1. The first-order chi connectivity index (χ1) is 14.5. The summed E-state index contributed by atoms with van der Waals surface area (Å²) >= 11 is 5.36. The third-order valence-corrected chi connectivity index (χ3v) is 4.83. The van der Waals surface area contributed by atoms with Crippen LogP contribution >= 0.6 is 12.2 Å². The number of anilines is 1. The van der Waals surface area contributed by atoms with E-state index in [1.165, 1.54) is 7.11 Å². The van der Waals surface area contributed by atoms with Gasteiger partial charge < -0.3 is 15.4 Å². The number of rotatable bonds is 8. The van der Waals surface area contributed by atoms with Gasteiger partial charge in [-0.25, -0.2) is 4.79 Å². The van der Waals surface area contributed by atoms with E-state index in [1.54, 1.807) is 16.9 Å². The Balaban J connectivity index is 1.48. The fraction of sp³-hybridized carbons (Fsp3) is 0.333. The van der Waals surface area contributed by atoms with Gasteiger partial charge in [0.25, 0.3) is 0 Å². The van der Waals surface area contributed by atoms with Crippen LogP contribution in [-0.4, -0.2) is 44.3 Å². The van der Waals surface area contributed by atoms with Gasteiger partial charge >= 0.3 is 5.97 Å². The van der Waals surface area contributed by atoms with Gasteiger partial charge in [0.15, 0.2) is 5.11 Å². The predicted octanol–water partition coefficient (Wildman–Crippen LogP) is 2.91. The van der Waals surface area contributed by atoms with E-state index in [9.17, 15) is 4.79 Å². The van der Waals surface area contributed by atoms with E-state index in [-0.39, 0.29) is 5.97 Å². The van der Waals surface area contributed by atoms with E-state index in [1.807, 2.05) is 36.0 Å². The van der Waals surface area contributed by atoms with E-state index >= 15 is 0 Å². The number of benzene rings is 1. The number of ether oxygens (including phenoxy) is 1.